The van der Waals surface area contributed by atoms with E-state index in [2.05, 4.69) is 10.6 Å². The van der Waals surface area contributed by atoms with Crippen molar-refractivity contribution in [1.29, 1.82) is 0 Å². The fourth-order valence-electron chi connectivity index (χ4n) is 2.09. The summed E-state index contributed by atoms with van der Waals surface area (Å²) in [5.41, 5.74) is 0. The third-order valence-corrected chi connectivity index (χ3v) is 4.06. The van der Waals surface area contributed by atoms with Gasteiger partial charge in [-0.15, -0.1) is 11.8 Å². The normalized spacial score (nSPS) is 17.9. The number of hydrogen-bond donors (Lipinski definition) is 2. The van der Waals surface area contributed by atoms with Gasteiger partial charge in [-0.2, -0.15) is 0 Å². The van der Waals surface area contributed by atoms with Crippen LogP contribution in [0.4, 0.5) is 0 Å². The molecule has 1 rings (SSSR count). The third-order valence-electron chi connectivity index (χ3n) is 3.13. The van der Waals surface area contributed by atoms with Gasteiger partial charge in [0.1, 0.15) is 0 Å². The van der Waals surface area contributed by atoms with Gasteiger partial charge in [-0.05, 0) is 13.8 Å². The molecular weight excluding hydrogens is 306 g/mol. The van der Waals surface area contributed by atoms with Gasteiger partial charge in [0.25, 0.3) is 0 Å². The lowest BCUT2D eigenvalue weighted by molar-refractivity contribution is -0.128. The molecule has 0 aromatic carbocycles. The molecule has 8 heteroatoms. The molecule has 7 nitrogen and oxygen atoms in total. The maximum Gasteiger partial charge on any atom is 0.230 e. The summed E-state index contributed by atoms with van der Waals surface area (Å²) in [6.45, 7) is 5.27. The van der Waals surface area contributed by atoms with Crippen molar-refractivity contribution in [2.24, 2.45) is 0 Å². The van der Waals surface area contributed by atoms with E-state index in [1.807, 2.05) is 13.8 Å². The van der Waals surface area contributed by atoms with Gasteiger partial charge in [0.15, 0.2) is 0 Å². The zero-order chi connectivity index (χ0) is 16.5. The lowest BCUT2D eigenvalue weighted by Crippen LogP contribution is -2.37. The van der Waals surface area contributed by atoms with Crippen LogP contribution in [-0.2, 0) is 19.1 Å². The topological polar surface area (TPSA) is 87.7 Å². The minimum atomic E-state index is -0.128. The monoisotopic (exact) mass is 331 g/mol. The number of amides is 3. The molecule has 0 aliphatic carbocycles. The van der Waals surface area contributed by atoms with E-state index in [1.165, 1.54) is 11.8 Å². The molecular formula is C14H25N3O4S. The van der Waals surface area contributed by atoms with Gasteiger partial charge in [0, 0.05) is 32.8 Å². The first-order chi connectivity index (χ1) is 10.4. The first-order valence-corrected chi connectivity index (χ1v) is 8.52. The number of nitrogens with zero attached hydrogens (tertiary/aromatic N) is 1. The van der Waals surface area contributed by atoms with E-state index >= 15 is 0 Å². The molecule has 1 fully saturated rings. The van der Waals surface area contributed by atoms with E-state index in [9.17, 15) is 14.4 Å². The van der Waals surface area contributed by atoms with E-state index in [4.69, 9.17) is 4.74 Å². The van der Waals surface area contributed by atoms with Gasteiger partial charge >= 0.3 is 0 Å². The molecule has 3 amide bonds. The van der Waals surface area contributed by atoms with Crippen LogP contribution in [0.15, 0.2) is 0 Å². The Morgan fingerprint density at radius 1 is 1.36 bits per heavy atom. The number of hydrogen-bond acceptors (Lipinski definition) is 5. The Labute approximate surface area is 135 Å². The van der Waals surface area contributed by atoms with Crippen LogP contribution in [0.3, 0.4) is 0 Å². The summed E-state index contributed by atoms with van der Waals surface area (Å²) >= 11 is 1.27. The van der Waals surface area contributed by atoms with Gasteiger partial charge in [-0.1, -0.05) is 0 Å². The molecule has 0 unspecified atom stereocenters. The predicted molar refractivity (Wildman–Crippen MR) is 85.6 cm³/mol. The molecule has 0 spiro atoms. The Morgan fingerprint density at radius 3 is 2.64 bits per heavy atom. The molecule has 22 heavy (non-hydrogen) atoms. The minimum absolute atomic E-state index is 0.0433. The second-order valence-corrected chi connectivity index (χ2v) is 6.45. The number of carbonyl (C=O) groups is 3. The van der Waals surface area contributed by atoms with Crippen molar-refractivity contribution in [3.63, 3.8) is 0 Å². The average molecular weight is 331 g/mol. The van der Waals surface area contributed by atoms with Crippen molar-refractivity contribution in [1.82, 2.24) is 15.5 Å². The Morgan fingerprint density at radius 2 is 2.05 bits per heavy atom. The molecule has 0 bridgehead atoms. The van der Waals surface area contributed by atoms with Crippen LogP contribution in [0.1, 0.15) is 20.3 Å². The minimum Gasteiger partial charge on any atom is -0.379 e. The highest BCUT2D eigenvalue weighted by Crippen LogP contribution is 2.12. The van der Waals surface area contributed by atoms with Crippen LogP contribution in [0, 0.1) is 0 Å². The zero-order valence-corrected chi connectivity index (χ0v) is 14.2. The number of nitrogens with one attached hydrogen (secondary N) is 2. The first kappa shape index (κ1) is 18.8. The molecule has 1 aliphatic rings. The van der Waals surface area contributed by atoms with Crippen LogP contribution < -0.4 is 10.6 Å². The summed E-state index contributed by atoms with van der Waals surface area (Å²) in [6, 6.07) is 0.107. The number of carbonyl (C=O) groups excluding carboxylic acids is 3. The molecule has 0 aromatic heterocycles. The van der Waals surface area contributed by atoms with E-state index in [-0.39, 0.29) is 41.4 Å². The highest BCUT2D eigenvalue weighted by atomic mass is 32.2. The zero-order valence-electron chi connectivity index (χ0n) is 13.4. The standard InChI is InChI=1S/C14H25N3O4S/c1-10(2)16-13(19)9-22-8-12(18)15-4-5-17-7-11(21-3)6-14(17)20/h10-11H,4-9H2,1-3H3,(H,15,18)(H,16,19)/t11-/m0/s1. The van der Waals surface area contributed by atoms with Crippen LogP contribution in [-0.4, -0.2) is 73.0 Å². The maximum absolute atomic E-state index is 11.6. The second-order valence-electron chi connectivity index (χ2n) is 5.47. The Kier molecular flexibility index (Phi) is 8.26. The molecule has 1 heterocycles. The van der Waals surface area contributed by atoms with Crippen molar-refractivity contribution in [3.8, 4) is 0 Å². The second kappa shape index (κ2) is 9.68. The van der Waals surface area contributed by atoms with Crippen molar-refractivity contribution in [3.05, 3.63) is 0 Å². The van der Waals surface area contributed by atoms with Crippen molar-refractivity contribution in [2.75, 3.05) is 38.2 Å². The summed E-state index contributed by atoms with van der Waals surface area (Å²) in [7, 11) is 1.59. The van der Waals surface area contributed by atoms with Gasteiger partial charge in [-0.3, -0.25) is 14.4 Å². The number of likely N-dealkylation sites (tertiary alicyclic amines) is 1. The lowest BCUT2D eigenvalue weighted by Gasteiger charge is -2.16. The average Bonchev–Trinajstić information content (AvgIpc) is 2.78. The number of rotatable bonds is 9. The molecule has 0 radical (unpaired) electrons. The van der Waals surface area contributed by atoms with Gasteiger partial charge < -0.3 is 20.3 Å². The van der Waals surface area contributed by atoms with Gasteiger partial charge in [-0.25, -0.2) is 0 Å². The fourth-order valence-corrected chi connectivity index (χ4v) is 2.75. The van der Waals surface area contributed by atoms with Crippen LogP contribution in [0.2, 0.25) is 0 Å². The van der Waals surface area contributed by atoms with E-state index in [0.29, 0.717) is 26.1 Å². The van der Waals surface area contributed by atoms with Gasteiger partial charge in [0.2, 0.25) is 17.7 Å². The lowest BCUT2D eigenvalue weighted by atomic mass is 10.3. The highest BCUT2D eigenvalue weighted by molar-refractivity contribution is 8.00. The van der Waals surface area contributed by atoms with Gasteiger partial charge in [0.05, 0.1) is 24.0 Å². The summed E-state index contributed by atoms with van der Waals surface area (Å²) < 4.78 is 5.15. The van der Waals surface area contributed by atoms with Crippen LogP contribution in [0.5, 0.6) is 0 Å². The SMILES string of the molecule is CO[C@H]1CC(=O)N(CCNC(=O)CSCC(=O)NC(C)C)C1. The quantitative estimate of drug-likeness (QED) is 0.601. The summed E-state index contributed by atoms with van der Waals surface area (Å²) in [5.74, 6) is 0.366. The summed E-state index contributed by atoms with van der Waals surface area (Å²) in [6.07, 6.45) is 0.365. The summed E-state index contributed by atoms with van der Waals surface area (Å²) in [5, 5.41) is 5.52. The van der Waals surface area contributed by atoms with Crippen LogP contribution >= 0.6 is 11.8 Å². The van der Waals surface area contributed by atoms with E-state index in [0.717, 1.165) is 0 Å². The molecule has 0 aromatic rings. The highest BCUT2D eigenvalue weighted by Gasteiger charge is 2.28. The number of ether oxygens (including phenoxy) is 1. The predicted octanol–water partition coefficient (Wildman–Crippen LogP) is -0.392. The molecule has 1 aliphatic heterocycles. The molecule has 2 N–H and O–H groups in total. The largest absolute Gasteiger partial charge is 0.379 e. The Hall–Kier alpha value is -1.28. The number of methoxy groups -OCH3 is 1. The van der Waals surface area contributed by atoms with E-state index < -0.39 is 0 Å². The molecule has 0 saturated carbocycles. The first-order valence-electron chi connectivity index (χ1n) is 7.36. The molecule has 126 valence electrons. The van der Waals surface area contributed by atoms with E-state index in [1.54, 1.807) is 12.0 Å². The molecule has 1 saturated heterocycles. The molecule has 1 atom stereocenters. The Balaban J connectivity index is 2.09. The van der Waals surface area contributed by atoms with Crippen LogP contribution in [0.25, 0.3) is 0 Å². The van der Waals surface area contributed by atoms with Crippen molar-refractivity contribution < 1.29 is 19.1 Å². The number of thioether (sulfide) groups is 1. The van der Waals surface area contributed by atoms with Crippen molar-refractivity contribution >= 4 is 29.5 Å². The third kappa shape index (κ3) is 7.13. The fraction of sp³-hybridized carbons (Fsp3) is 0.786. The summed E-state index contributed by atoms with van der Waals surface area (Å²) in [4.78, 5) is 36.4. The van der Waals surface area contributed by atoms with Crippen molar-refractivity contribution in [2.45, 2.75) is 32.4 Å². The smallest absolute Gasteiger partial charge is 0.230 e. The Bertz CT molecular complexity index is 404. The maximum atomic E-state index is 11.6.